The fourth-order valence-electron chi connectivity index (χ4n) is 3.18. The van der Waals surface area contributed by atoms with Gasteiger partial charge in [0.2, 0.25) is 0 Å². The molecule has 3 rings (SSSR count). The minimum absolute atomic E-state index is 0.0690. The van der Waals surface area contributed by atoms with E-state index in [1.807, 2.05) is 6.07 Å². The van der Waals surface area contributed by atoms with Gasteiger partial charge in [-0.05, 0) is 18.9 Å². The van der Waals surface area contributed by atoms with Crippen LogP contribution < -0.4 is 15.0 Å². The number of rotatable bonds is 4. The first-order valence-corrected chi connectivity index (χ1v) is 8.08. The van der Waals surface area contributed by atoms with Crippen molar-refractivity contribution in [1.29, 1.82) is 0 Å². The highest BCUT2D eigenvalue weighted by atomic mass is 19.4. The van der Waals surface area contributed by atoms with Gasteiger partial charge in [-0.25, -0.2) is 0 Å². The third kappa shape index (κ3) is 4.51. The molecule has 2 fully saturated rings. The molecule has 7 heteroatoms. The molecular formula is C16H22F3N3O. The van der Waals surface area contributed by atoms with Crippen molar-refractivity contribution in [2.24, 2.45) is 0 Å². The second-order valence-corrected chi connectivity index (χ2v) is 6.06. The maximum atomic E-state index is 12.7. The van der Waals surface area contributed by atoms with Crippen LogP contribution in [0, 0.1) is 0 Å². The number of nitrogens with one attached hydrogen (secondary N) is 1. The number of halogens is 3. The van der Waals surface area contributed by atoms with Crippen LogP contribution in [0.2, 0.25) is 0 Å². The highest BCUT2D eigenvalue weighted by Crippen LogP contribution is 2.32. The van der Waals surface area contributed by atoms with E-state index in [0.29, 0.717) is 12.1 Å². The predicted molar refractivity (Wildman–Crippen MR) is 82.7 cm³/mol. The molecule has 2 saturated heterocycles. The second kappa shape index (κ2) is 6.97. The molecule has 2 aliphatic heterocycles. The summed E-state index contributed by atoms with van der Waals surface area (Å²) in [5.41, 5.74) is 1.40. The number of anilines is 1. The maximum Gasteiger partial charge on any atom is 0.573 e. The van der Waals surface area contributed by atoms with E-state index in [2.05, 4.69) is 19.9 Å². The molecule has 0 atom stereocenters. The molecule has 1 aromatic rings. The molecule has 0 unspecified atom stereocenters. The van der Waals surface area contributed by atoms with Crippen molar-refractivity contribution in [1.82, 2.24) is 10.2 Å². The fraction of sp³-hybridized carbons (Fsp3) is 0.625. The van der Waals surface area contributed by atoms with Gasteiger partial charge in [-0.2, -0.15) is 0 Å². The van der Waals surface area contributed by atoms with E-state index in [-0.39, 0.29) is 5.75 Å². The fourth-order valence-corrected chi connectivity index (χ4v) is 3.18. The summed E-state index contributed by atoms with van der Waals surface area (Å²) in [7, 11) is 0. The summed E-state index contributed by atoms with van der Waals surface area (Å²) < 4.78 is 42.6. The van der Waals surface area contributed by atoms with Crippen molar-refractivity contribution in [3.8, 4) is 5.75 Å². The highest BCUT2D eigenvalue weighted by Gasteiger charge is 2.32. The van der Waals surface area contributed by atoms with Crippen LogP contribution in [0.5, 0.6) is 5.75 Å². The standard InChI is InChI=1S/C16H22F3N3O/c17-16(18,19)23-15-11-14(22-7-1-2-8-22)4-3-13(15)12-21-9-5-20-6-10-21/h3-4,11,20H,1-2,5-10,12H2. The lowest BCUT2D eigenvalue weighted by Gasteiger charge is -2.28. The first-order valence-electron chi connectivity index (χ1n) is 8.08. The van der Waals surface area contributed by atoms with E-state index in [1.54, 1.807) is 6.07 Å². The second-order valence-electron chi connectivity index (χ2n) is 6.06. The summed E-state index contributed by atoms with van der Waals surface area (Å²) in [4.78, 5) is 4.25. The van der Waals surface area contributed by atoms with Crippen molar-refractivity contribution < 1.29 is 17.9 Å². The number of nitrogens with zero attached hydrogens (tertiary/aromatic N) is 2. The molecule has 0 amide bonds. The van der Waals surface area contributed by atoms with Gasteiger partial charge in [0.25, 0.3) is 0 Å². The smallest absolute Gasteiger partial charge is 0.405 e. The van der Waals surface area contributed by atoms with E-state index in [9.17, 15) is 13.2 Å². The lowest BCUT2D eigenvalue weighted by molar-refractivity contribution is -0.275. The summed E-state index contributed by atoms with van der Waals surface area (Å²) in [6.45, 7) is 5.65. The summed E-state index contributed by atoms with van der Waals surface area (Å²) >= 11 is 0. The lowest BCUT2D eigenvalue weighted by Crippen LogP contribution is -2.43. The van der Waals surface area contributed by atoms with Gasteiger partial charge in [0.15, 0.2) is 0 Å². The summed E-state index contributed by atoms with van der Waals surface area (Å²) in [6.07, 6.45) is -2.50. The van der Waals surface area contributed by atoms with Gasteiger partial charge in [0, 0.05) is 63.1 Å². The Bertz CT molecular complexity index is 524. The molecule has 2 heterocycles. The number of alkyl halides is 3. The minimum Gasteiger partial charge on any atom is -0.405 e. The van der Waals surface area contributed by atoms with Crippen LogP contribution >= 0.6 is 0 Å². The van der Waals surface area contributed by atoms with E-state index in [1.165, 1.54) is 6.07 Å². The van der Waals surface area contributed by atoms with E-state index >= 15 is 0 Å². The molecule has 0 aromatic heterocycles. The van der Waals surface area contributed by atoms with E-state index in [0.717, 1.165) is 57.8 Å². The van der Waals surface area contributed by atoms with Gasteiger partial charge in [-0.15, -0.1) is 13.2 Å². The third-order valence-electron chi connectivity index (χ3n) is 4.35. The lowest BCUT2D eigenvalue weighted by atomic mass is 10.1. The zero-order valence-electron chi connectivity index (χ0n) is 13.0. The maximum absolute atomic E-state index is 12.7. The Kier molecular flexibility index (Phi) is 4.96. The Morgan fingerprint density at radius 1 is 1.04 bits per heavy atom. The Balaban J connectivity index is 1.80. The molecular weight excluding hydrogens is 307 g/mol. The van der Waals surface area contributed by atoms with Gasteiger partial charge in [0.1, 0.15) is 5.75 Å². The summed E-state index contributed by atoms with van der Waals surface area (Å²) in [5.74, 6) is -0.0690. The van der Waals surface area contributed by atoms with E-state index < -0.39 is 6.36 Å². The van der Waals surface area contributed by atoms with Crippen LogP contribution in [0.4, 0.5) is 18.9 Å². The summed E-state index contributed by atoms with van der Waals surface area (Å²) in [6, 6.07) is 5.22. The number of benzene rings is 1. The zero-order valence-corrected chi connectivity index (χ0v) is 13.0. The van der Waals surface area contributed by atoms with Crippen LogP contribution in [-0.4, -0.2) is 50.5 Å². The predicted octanol–water partition coefficient (Wildman–Crippen LogP) is 2.59. The average molecular weight is 329 g/mol. The van der Waals surface area contributed by atoms with Crippen LogP contribution in [0.3, 0.4) is 0 Å². The molecule has 1 aromatic carbocycles. The monoisotopic (exact) mass is 329 g/mol. The van der Waals surface area contributed by atoms with Crippen molar-refractivity contribution in [3.63, 3.8) is 0 Å². The largest absolute Gasteiger partial charge is 0.573 e. The van der Waals surface area contributed by atoms with Gasteiger partial charge in [0.05, 0.1) is 0 Å². The number of hydrogen-bond acceptors (Lipinski definition) is 4. The Morgan fingerprint density at radius 3 is 2.39 bits per heavy atom. The van der Waals surface area contributed by atoms with Gasteiger partial charge < -0.3 is 15.0 Å². The molecule has 0 saturated carbocycles. The zero-order chi connectivity index (χ0) is 16.3. The highest BCUT2D eigenvalue weighted by molar-refractivity contribution is 5.54. The van der Waals surface area contributed by atoms with Crippen LogP contribution in [0.15, 0.2) is 18.2 Å². The van der Waals surface area contributed by atoms with Crippen molar-refractivity contribution >= 4 is 5.69 Å². The first kappa shape index (κ1) is 16.4. The van der Waals surface area contributed by atoms with E-state index in [4.69, 9.17) is 0 Å². The van der Waals surface area contributed by atoms with Crippen molar-refractivity contribution in [2.75, 3.05) is 44.2 Å². The molecule has 128 valence electrons. The van der Waals surface area contributed by atoms with Crippen molar-refractivity contribution in [3.05, 3.63) is 23.8 Å². The Morgan fingerprint density at radius 2 is 1.74 bits per heavy atom. The molecule has 23 heavy (non-hydrogen) atoms. The van der Waals surface area contributed by atoms with Gasteiger partial charge in [-0.1, -0.05) is 6.07 Å². The molecule has 0 aliphatic carbocycles. The normalized spacial score (nSPS) is 20.0. The quantitative estimate of drug-likeness (QED) is 0.919. The van der Waals surface area contributed by atoms with Gasteiger partial charge in [-0.3, -0.25) is 4.90 Å². The molecule has 0 bridgehead atoms. The number of ether oxygens (including phenoxy) is 1. The van der Waals surface area contributed by atoms with Gasteiger partial charge >= 0.3 is 6.36 Å². The molecule has 4 nitrogen and oxygen atoms in total. The number of piperazine rings is 1. The molecule has 2 aliphatic rings. The first-order chi connectivity index (χ1) is 11.0. The molecule has 0 spiro atoms. The molecule has 1 N–H and O–H groups in total. The van der Waals surface area contributed by atoms with Crippen LogP contribution in [-0.2, 0) is 6.54 Å². The summed E-state index contributed by atoms with van der Waals surface area (Å²) in [5, 5.41) is 3.24. The average Bonchev–Trinajstić information content (AvgIpc) is 3.03. The third-order valence-corrected chi connectivity index (χ3v) is 4.35. The minimum atomic E-state index is -4.66. The Labute approximate surface area is 134 Å². The SMILES string of the molecule is FC(F)(F)Oc1cc(N2CCCC2)ccc1CN1CCNCC1. The Hall–Kier alpha value is -1.47. The van der Waals surface area contributed by atoms with Crippen molar-refractivity contribution in [2.45, 2.75) is 25.7 Å². The van der Waals surface area contributed by atoms with Crippen LogP contribution in [0.1, 0.15) is 18.4 Å². The van der Waals surface area contributed by atoms with Crippen LogP contribution in [0.25, 0.3) is 0 Å². The topological polar surface area (TPSA) is 27.7 Å². The molecule has 0 radical (unpaired) electrons. The number of hydrogen-bond donors (Lipinski definition) is 1.